The van der Waals surface area contributed by atoms with Gasteiger partial charge in [-0.1, -0.05) is 12.1 Å². The van der Waals surface area contributed by atoms with Gasteiger partial charge in [-0.05, 0) is 30.0 Å². The molecule has 0 aliphatic rings. The van der Waals surface area contributed by atoms with Crippen molar-refractivity contribution in [1.29, 1.82) is 0 Å². The standard InChI is InChI=1S/C12H14ClN3S/c1-16(7-8-17-2)11-9-5-3-4-6-10(9)14-12(13)15-11/h3-6H,7-8H2,1-2H3. The van der Waals surface area contributed by atoms with Gasteiger partial charge in [-0.25, -0.2) is 4.98 Å². The molecule has 0 unspecified atom stereocenters. The van der Waals surface area contributed by atoms with Crippen LogP contribution in [0.5, 0.6) is 0 Å². The van der Waals surface area contributed by atoms with Crippen molar-refractivity contribution in [2.24, 2.45) is 0 Å². The molecular formula is C12H14ClN3S. The third-order valence-corrected chi connectivity index (χ3v) is 3.31. The molecule has 2 aromatic rings. The van der Waals surface area contributed by atoms with E-state index in [1.54, 1.807) is 0 Å². The highest BCUT2D eigenvalue weighted by atomic mass is 35.5. The van der Waals surface area contributed by atoms with Crippen molar-refractivity contribution in [3.8, 4) is 0 Å². The number of hydrogen-bond donors (Lipinski definition) is 0. The van der Waals surface area contributed by atoms with Gasteiger partial charge in [0, 0.05) is 24.7 Å². The first-order valence-electron chi connectivity index (χ1n) is 5.34. The van der Waals surface area contributed by atoms with Crippen molar-refractivity contribution in [3.05, 3.63) is 29.5 Å². The third-order valence-electron chi connectivity index (χ3n) is 2.55. The van der Waals surface area contributed by atoms with E-state index < -0.39 is 0 Å². The summed E-state index contributed by atoms with van der Waals surface area (Å²) in [5.74, 6) is 1.96. The SMILES string of the molecule is CSCCN(C)c1nc(Cl)nc2ccccc12. The van der Waals surface area contributed by atoms with Crippen LogP contribution in [0.4, 0.5) is 5.82 Å². The summed E-state index contributed by atoms with van der Waals surface area (Å²) < 4.78 is 0. The maximum atomic E-state index is 5.95. The number of hydrogen-bond acceptors (Lipinski definition) is 4. The zero-order chi connectivity index (χ0) is 12.3. The van der Waals surface area contributed by atoms with Crippen LogP contribution in [0, 0.1) is 0 Å². The molecule has 0 bridgehead atoms. The summed E-state index contributed by atoms with van der Waals surface area (Å²) in [6.45, 7) is 0.943. The first kappa shape index (κ1) is 12.5. The molecular weight excluding hydrogens is 254 g/mol. The van der Waals surface area contributed by atoms with Gasteiger partial charge in [0.25, 0.3) is 0 Å². The molecule has 0 aliphatic carbocycles. The van der Waals surface area contributed by atoms with Crippen molar-refractivity contribution in [2.75, 3.05) is 30.5 Å². The number of para-hydroxylation sites is 1. The Kier molecular flexibility index (Phi) is 4.07. The van der Waals surface area contributed by atoms with Crippen molar-refractivity contribution in [3.63, 3.8) is 0 Å². The molecule has 5 heteroatoms. The Hall–Kier alpha value is -1.00. The maximum absolute atomic E-state index is 5.95. The summed E-state index contributed by atoms with van der Waals surface area (Å²) in [5.41, 5.74) is 0.888. The summed E-state index contributed by atoms with van der Waals surface area (Å²) >= 11 is 7.76. The summed E-state index contributed by atoms with van der Waals surface area (Å²) in [7, 11) is 2.03. The second kappa shape index (κ2) is 5.56. The van der Waals surface area contributed by atoms with E-state index >= 15 is 0 Å². The summed E-state index contributed by atoms with van der Waals surface area (Å²) in [6, 6.07) is 7.92. The molecule has 0 fully saturated rings. The van der Waals surface area contributed by atoms with Gasteiger partial charge in [-0.3, -0.25) is 0 Å². The normalized spacial score (nSPS) is 10.8. The first-order chi connectivity index (χ1) is 8.22. The van der Waals surface area contributed by atoms with Crippen LogP contribution in [0.3, 0.4) is 0 Å². The third kappa shape index (κ3) is 2.82. The topological polar surface area (TPSA) is 29.0 Å². The Balaban J connectivity index is 2.44. The first-order valence-corrected chi connectivity index (χ1v) is 7.12. The molecule has 0 N–H and O–H groups in total. The van der Waals surface area contributed by atoms with Gasteiger partial charge in [-0.2, -0.15) is 16.7 Å². The summed E-state index contributed by atoms with van der Waals surface area (Å²) in [5, 5.41) is 1.34. The second-order valence-corrected chi connectivity index (χ2v) is 5.07. The van der Waals surface area contributed by atoms with E-state index in [0.29, 0.717) is 5.28 Å². The Labute approximate surface area is 110 Å². The molecule has 0 saturated carbocycles. The Morgan fingerprint density at radius 1 is 1.29 bits per heavy atom. The fourth-order valence-electron chi connectivity index (χ4n) is 1.66. The van der Waals surface area contributed by atoms with Crippen molar-refractivity contribution in [2.45, 2.75) is 0 Å². The Morgan fingerprint density at radius 2 is 2.06 bits per heavy atom. The van der Waals surface area contributed by atoms with Crippen LogP contribution in [0.2, 0.25) is 5.28 Å². The zero-order valence-corrected chi connectivity index (χ0v) is 11.4. The van der Waals surface area contributed by atoms with E-state index in [2.05, 4.69) is 21.1 Å². The van der Waals surface area contributed by atoms with Crippen molar-refractivity contribution < 1.29 is 0 Å². The van der Waals surface area contributed by atoms with E-state index in [4.69, 9.17) is 11.6 Å². The highest BCUT2D eigenvalue weighted by molar-refractivity contribution is 7.98. The summed E-state index contributed by atoms with van der Waals surface area (Å²) in [6.07, 6.45) is 2.10. The van der Waals surface area contributed by atoms with Gasteiger partial charge in [0.05, 0.1) is 5.52 Å². The van der Waals surface area contributed by atoms with Gasteiger partial charge in [0.1, 0.15) is 5.82 Å². The second-order valence-electron chi connectivity index (χ2n) is 3.75. The number of rotatable bonds is 4. The van der Waals surface area contributed by atoms with Crippen LogP contribution in [0.25, 0.3) is 10.9 Å². The lowest BCUT2D eigenvalue weighted by molar-refractivity contribution is 0.948. The largest absolute Gasteiger partial charge is 0.358 e. The average molecular weight is 268 g/mol. The van der Waals surface area contributed by atoms with Gasteiger partial charge >= 0.3 is 0 Å². The molecule has 90 valence electrons. The fraction of sp³-hybridized carbons (Fsp3) is 0.333. The number of nitrogens with zero attached hydrogens (tertiary/aromatic N) is 3. The molecule has 0 amide bonds. The molecule has 0 radical (unpaired) electrons. The molecule has 3 nitrogen and oxygen atoms in total. The molecule has 2 rings (SSSR count). The molecule has 0 atom stereocenters. The highest BCUT2D eigenvalue weighted by Gasteiger charge is 2.09. The van der Waals surface area contributed by atoms with Gasteiger partial charge in [0.2, 0.25) is 5.28 Å². The number of thioether (sulfide) groups is 1. The molecule has 1 aromatic heterocycles. The lowest BCUT2D eigenvalue weighted by Crippen LogP contribution is -2.21. The van der Waals surface area contributed by atoms with Gasteiger partial charge < -0.3 is 4.90 Å². The quantitative estimate of drug-likeness (QED) is 0.796. The van der Waals surface area contributed by atoms with E-state index in [1.165, 1.54) is 0 Å². The molecule has 0 aliphatic heterocycles. The molecule has 17 heavy (non-hydrogen) atoms. The minimum atomic E-state index is 0.301. The smallest absolute Gasteiger partial charge is 0.224 e. The van der Waals surface area contributed by atoms with Crippen LogP contribution in [-0.4, -0.2) is 35.6 Å². The number of anilines is 1. The predicted molar refractivity (Wildman–Crippen MR) is 76.2 cm³/mol. The van der Waals surface area contributed by atoms with E-state index in [-0.39, 0.29) is 0 Å². The maximum Gasteiger partial charge on any atom is 0.224 e. The highest BCUT2D eigenvalue weighted by Crippen LogP contribution is 2.24. The zero-order valence-electron chi connectivity index (χ0n) is 9.85. The Morgan fingerprint density at radius 3 is 2.82 bits per heavy atom. The van der Waals surface area contributed by atoms with Crippen molar-refractivity contribution in [1.82, 2.24) is 9.97 Å². The minimum Gasteiger partial charge on any atom is -0.358 e. The van der Waals surface area contributed by atoms with Crippen LogP contribution in [0.15, 0.2) is 24.3 Å². The predicted octanol–water partition coefficient (Wildman–Crippen LogP) is 3.08. The van der Waals surface area contributed by atoms with Crippen LogP contribution >= 0.6 is 23.4 Å². The van der Waals surface area contributed by atoms with Crippen LogP contribution in [0.1, 0.15) is 0 Å². The number of benzene rings is 1. The van der Waals surface area contributed by atoms with Crippen LogP contribution < -0.4 is 4.90 Å². The van der Waals surface area contributed by atoms with Crippen LogP contribution in [-0.2, 0) is 0 Å². The molecule has 0 spiro atoms. The lowest BCUT2D eigenvalue weighted by Gasteiger charge is -2.19. The number of fused-ring (bicyclic) bond motifs is 1. The van der Waals surface area contributed by atoms with Gasteiger partial charge in [0.15, 0.2) is 0 Å². The Bertz CT molecular complexity index is 518. The van der Waals surface area contributed by atoms with E-state index in [0.717, 1.165) is 29.0 Å². The lowest BCUT2D eigenvalue weighted by atomic mass is 10.2. The van der Waals surface area contributed by atoms with E-state index in [1.807, 2.05) is 43.1 Å². The van der Waals surface area contributed by atoms with Crippen molar-refractivity contribution >= 4 is 40.1 Å². The van der Waals surface area contributed by atoms with Gasteiger partial charge in [-0.15, -0.1) is 0 Å². The minimum absolute atomic E-state index is 0.301. The monoisotopic (exact) mass is 267 g/mol. The number of aromatic nitrogens is 2. The van der Waals surface area contributed by atoms with E-state index in [9.17, 15) is 0 Å². The average Bonchev–Trinajstić information content (AvgIpc) is 2.34. The molecule has 1 aromatic carbocycles. The molecule has 1 heterocycles. The fourth-order valence-corrected chi connectivity index (χ4v) is 2.28. The molecule has 0 saturated heterocycles. The summed E-state index contributed by atoms with van der Waals surface area (Å²) in [4.78, 5) is 10.7. The number of halogens is 1.